The number of nitrogens with one attached hydrogen (secondary N) is 2. The number of rotatable bonds is 7. The first-order valence-electron chi connectivity index (χ1n) is 10.4. The van der Waals surface area contributed by atoms with Crippen LogP contribution in [0.25, 0.3) is 0 Å². The molecule has 29 heavy (non-hydrogen) atoms. The van der Waals surface area contributed by atoms with Crippen molar-refractivity contribution in [3.8, 4) is 0 Å². The van der Waals surface area contributed by atoms with Crippen molar-refractivity contribution in [1.82, 2.24) is 15.6 Å². The molecule has 1 saturated heterocycles. The number of hydrogen-bond acceptors (Lipinski definition) is 3. The van der Waals surface area contributed by atoms with Crippen LogP contribution in [0.4, 0.5) is 5.82 Å². The smallest absolute Gasteiger partial charge is 0.191 e. The minimum atomic E-state index is 0. The second-order valence-corrected chi connectivity index (χ2v) is 8.02. The Kier molecular flexibility index (Phi) is 9.20. The van der Waals surface area contributed by atoms with E-state index in [1.807, 2.05) is 6.20 Å². The molecule has 1 aliphatic rings. The van der Waals surface area contributed by atoms with Gasteiger partial charge in [-0.25, -0.2) is 9.98 Å². The lowest BCUT2D eigenvalue weighted by Crippen LogP contribution is -2.43. The van der Waals surface area contributed by atoms with E-state index in [2.05, 4.69) is 83.8 Å². The van der Waals surface area contributed by atoms with E-state index in [4.69, 9.17) is 4.99 Å². The summed E-state index contributed by atoms with van der Waals surface area (Å²) in [5.74, 6) is 1.93. The van der Waals surface area contributed by atoms with Crippen LogP contribution in [0, 0.1) is 0 Å². The molecule has 0 bridgehead atoms. The molecule has 0 unspecified atom stereocenters. The summed E-state index contributed by atoms with van der Waals surface area (Å²) >= 11 is 0. The number of aromatic nitrogens is 1. The van der Waals surface area contributed by atoms with E-state index in [0.717, 1.165) is 38.0 Å². The second-order valence-electron chi connectivity index (χ2n) is 8.02. The summed E-state index contributed by atoms with van der Waals surface area (Å²) in [5.41, 5.74) is 2.54. The van der Waals surface area contributed by atoms with E-state index >= 15 is 0 Å². The third-order valence-electron chi connectivity index (χ3n) is 5.26. The van der Waals surface area contributed by atoms with Crippen molar-refractivity contribution in [2.45, 2.75) is 45.6 Å². The van der Waals surface area contributed by atoms with Crippen molar-refractivity contribution in [2.24, 2.45) is 4.99 Å². The van der Waals surface area contributed by atoms with E-state index in [1.54, 1.807) is 0 Å². The Morgan fingerprint density at radius 1 is 1.10 bits per heavy atom. The van der Waals surface area contributed by atoms with Gasteiger partial charge in [-0.05, 0) is 43.0 Å². The number of hydrogen-bond donors (Lipinski definition) is 2. The zero-order valence-electron chi connectivity index (χ0n) is 17.8. The predicted molar refractivity (Wildman–Crippen MR) is 133 cm³/mol. The van der Waals surface area contributed by atoms with Crippen LogP contribution >= 0.6 is 24.0 Å². The van der Waals surface area contributed by atoms with Crippen molar-refractivity contribution in [3.63, 3.8) is 0 Å². The van der Waals surface area contributed by atoms with Crippen LogP contribution in [-0.2, 0) is 12.0 Å². The average Bonchev–Trinajstić information content (AvgIpc) is 3.26. The fraction of sp³-hybridized carbons (Fsp3) is 0.478. The van der Waals surface area contributed by atoms with Gasteiger partial charge in [-0.1, -0.05) is 44.2 Å². The molecule has 2 N–H and O–H groups in total. The molecule has 0 aliphatic carbocycles. The molecule has 0 saturated carbocycles. The topological polar surface area (TPSA) is 52.6 Å². The number of anilines is 1. The molecule has 1 aromatic heterocycles. The maximum Gasteiger partial charge on any atom is 0.191 e. The molecular weight excluding hydrogens is 473 g/mol. The van der Waals surface area contributed by atoms with Gasteiger partial charge in [-0.3, -0.25) is 0 Å². The molecule has 158 valence electrons. The van der Waals surface area contributed by atoms with Gasteiger partial charge < -0.3 is 15.5 Å². The van der Waals surface area contributed by atoms with Crippen LogP contribution in [-0.4, -0.2) is 37.1 Å². The van der Waals surface area contributed by atoms with E-state index < -0.39 is 0 Å². The Bertz CT molecular complexity index is 770. The second kappa shape index (κ2) is 11.4. The zero-order chi connectivity index (χ0) is 19.8. The van der Waals surface area contributed by atoms with Gasteiger partial charge in [0.25, 0.3) is 0 Å². The third kappa shape index (κ3) is 6.87. The Morgan fingerprint density at radius 3 is 2.52 bits per heavy atom. The minimum Gasteiger partial charge on any atom is -0.357 e. The Balaban J connectivity index is 0.00000300. The Morgan fingerprint density at radius 2 is 1.83 bits per heavy atom. The van der Waals surface area contributed by atoms with Gasteiger partial charge in [0.1, 0.15) is 5.82 Å². The van der Waals surface area contributed by atoms with Gasteiger partial charge in [-0.15, -0.1) is 24.0 Å². The van der Waals surface area contributed by atoms with Crippen LogP contribution in [0.3, 0.4) is 0 Å². The first-order valence-corrected chi connectivity index (χ1v) is 10.4. The van der Waals surface area contributed by atoms with Crippen molar-refractivity contribution in [1.29, 1.82) is 0 Å². The summed E-state index contributed by atoms with van der Waals surface area (Å²) in [7, 11) is 0. The molecule has 1 fully saturated rings. The first-order chi connectivity index (χ1) is 13.6. The highest BCUT2D eigenvalue weighted by Crippen LogP contribution is 2.22. The molecule has 3 rings (SSSR count). The summed E-state index contributed by atoms with van der Waals surface area (Å²) in [6.07, 6.45) is 4.42. The van der Waals surface area contributed by atoms with Gasteiger partial charge in [0.15, 0.2) is 5.96 Å². The summed E-state index contributed by atoms with van der Waals surface area (Å²) in [5, 5.41) is 6.87. The van der Waals surface area contributed by atoms with Crippen molar-refractivity contribution < 1.29 is 0 Å². The SMILES string of the molecule is CCNC(=NCc1ccnc(N2CCCC2)c1)NCC(C)(C)c1ccccc1.I. The largest absolute Gasteiger partial charge is 0.357 e. The highest BCUT2D eigenvalue weighted by molar-refractivity contribution is 14.0. The van der Waals surface area contributed by atoms with Gasteiger partial charge in [0, 0.05) is 37.8 Å². The van der Waals surface area contributed by atoms with Crippen LogP contribution in [0.5, 0.6) is 0 Å². The molecule has 5 nitrogen and oxygen atoms in total. The van der Waals surface area contributed by atoms with E-state index in [1.165, 1.54) is 24.0 Å². The molecule has 0 radical (unpaired) electrons. The Hall–Kier alpha value is -1.83. The molecule has 2 heterocycles. The number of pyridine rings is 1. The van der Waals surface area contributed by atoms with E-state index in [-0.39, 0.29) is 29.4 Å². The Labute approximate surface area is 192 Å². The van der Waals surface area contributed by atoms with Gasteiger partial charge in [0.2, 0.25) is 0 Å². The number of benzene rings is 1. The molecule has 0 atom stereocenters. The lowest BCUT2D eigenvalue weighted by Gasteiger charge is -2.26. The molecule has 6 heteroatoms. The fourth-order valence-corrected chi connectivity index (χ4v) is 3.49. The fourth-order valence-electron chi connectivity index (χ4n) is 3.49. The molecular formula is C23H34IN5. The summed E-state index contributed by atoms with van der Waals surface area (Å²) < 4.78 is 0. The summed E-state index contributed by atoms with van der Waals surface area (Å²) in [6, 6.07) is 14.8. The minimum absolute atomic E-state index is 0. The van der Waals surface area contributed by atoms with Crippen molar-refractivity contribution in [2.75, 3.05) is 31.1 Å². The average molecular weight is 507 g/mol. The molecule has 1 aliphatic heterocycles. The highest BCUT2D eigenvalue weighted by atomic mass is 127. The van der Waals surface area contributed by atoms with E-state index in [0.29, 0.717) is 6.54 Å². The number of aliphatic imine (C=N–C) groups is 1. The molecule has 0 amide bonds. The molecule has 0 spiro atoms. The van der Waals surface area contributed by atoms with Crippen LogP contribution in [0.1, 0.15) is 44.7 Å². The number of halogens is 1. The van der Waals surface area contributed by atoms with Crippen LogP contribution < -0.4 is 15.5 Å². The number of nitrogens with zero attached hydrogens (tertiary/aromatic N) is 3. The van der Waals surface area contributed by atoms with E-state index in [9.17, 15) is 0 Å². The highest BCUT2D eigenvalue weighted by Gasteiger charge is 2.20. The standard InChI is InChI=1S/C23H33N5.HI/c1-4-24-22(27-18-23(2,3)20-10-6-5-7-11-20)26-17-19-12-13-25-21(16-19)28-14-8-9-15-28;/h5-7,10-13,16H,4,8-9,14-15,17-18H2,1-3H3,(H2,24,26,27);1H. The van der Waals surface area contributed by atoms with Crippen LogP contribution in [0.2, 0.25) is 0 Å². The maximum absolute atomic E-state index is 4.80. The third-order valence-corrected chi connectivity index (χ3v) is 5.26. The lowest BCUT2D eigenvalue weighted by atomic mass is 9.85. The lowest BCUT2D eigenvalue weighted by molar-refractivity contribution is 0.508. The summed E-state index contributed by atoms with van der Waals surface area (Å²) in [6.45, 7) is 11.1. The number of guanidine groups is 1. The van der Waals surface area contributed by atoms with Crippen molar-refractivity contribution >= 4 is 35.8 Å². The zero-order valence-corrected chi connectivity index (χ0v) is 20.1. The molecule has 2 aromatic rings. The van der Waals surface area contributed by atoms with Gasteiger partial charge >= 0.3 is 0 Å². The molecule has 1 aromatic carbocycles. The monoisotopic (exact) mass is 507 g/mol. The van der Waals surface area contributed by atoms with Crippen molar-refractivity contribution in [3.05, 3.63) is 59.8 Å². The predicted octanol–water partition coefficient (Wildman–Crippen LogP) is 4.33. The van der Waals surface area contributed by atoms with Crippen LogP contribution in [0.15, 0.2) is 53.7 Å². The van der Waals surface area contributed by atoms with Gasteiger partial charge in [0.05, 0.1) is 6.54 Å². The summed E-state index contributed by atoms with van der Waals surface area (Å²) in [4.78, 5) is 11.7. The quantitative estimate of drug-likeness (QED) is 0.333. The van der Waals surface area contributed by atoms with Gasteiger partial charge in [-0.2, -0.15) is 0 Å². The maximum atomic E-state index is 4.80. The normalized spacial score (nSPS) is 14.4. The first kappa shape index (κ1) is 23.4.